The van der Waals surface area contributed by atoms with Gasteiger partial charge in [0.1, 0.15) is 34.9 Å². The van der Waals surface area contributed by atoms with Gasteiger partial charge in [-0.15, -0.1) is 0 Å². The van der Waals surface area contributed by atoms with Gasteiger partial charge in [0.2, 0.25) is 27.7 Å². The molecular formula is C40H52F4N6O9S. The van der Waals surface area contributed by atoms with E-state index in [4.69, 9.17) is 9.47 Å². The highest BCUT2D eigenvalue weighted by Crippen LogP contribution is 2.47. The summed E-state index contributed by atoms with van der Waals surface area (Å²) in [5.41, 5.74) is -5.94. The fourth-order valence-corrected chi connectivity index (χ4v) is 9.45. The lowest BCUT2D eigenvalue weighted by Gasteiger charge is -2.48. The van der Waals surface area contributed by atoms with E-state index in [1.807, 2.05) is 6.08 Å². The number of hydrogen-bond acceptors (Lipinski definition) is 11. The summed E-state index contributed by atoms with van der Waals surface area (Å²) in [7, 11) is -2.89. The zero-order chi connectivity index (χ0) is 44.0. The second-order valence-corrected chi connectivity index (χ2v) is 19.7. The summed E-state index contributed by atoms with van der Waals surface area (Å²) in [4.78, 5) is 64.9. The molecule has 20 heteroatoms. The van der Waals surface area contributed by atoms with E-state index in [0.29, 0.717) is 44.9 Å². The third-order valence-corrected chi connectivity index (χ3v) is 14.1. The van der Waals surface area contributed by atoms with Gasteiger partial charge in [0.25, 0.3) is 5.91 Å². The van der Waals surface area contributed by atoms with E-state index in [1.54, 1.807) is 26.8 Å². The number of nitrogens with zero attached hydrogens (tertiary/aromatic N) is 3. The summed E-state index contributed by atoms with van der Waals surface area (Å²) in [6.07, 6.45) is -1.91. The van der Waals surface area contributed by atoms with Gasteiger partial charge in [0, 0.05) is 18.5 Å². The number of halogens is 4. The molecule has 4 aliphatic rings. The zero-order valence-corrected chi connectivity index (χ0v) is 35.0. The van der Waals surface area contributed by atoms with Gasteiger partial charge < -0.3 is 30.1 Å². The van der Waals surface area contributed by atoms with Gasteiger partial charge >= 0.3 is 12.3 Å². The molecule has 1 saturated heterocycles. The average Bonchev–Trinajstić information content (AvgIpc) is 3.78. The Bertz CT molecular complexity index is 2160. The molecule has 6 unspecified atom stereocenters. The minimum atomic E-state index is -5.17. The summed E-state index contributed by atoms with van der Waals surface area (Å²) < 4.78 is 97.0. The number of carbonyl (C=O) groups excluding carboxylic acids is 4. The van der Waals surface area contributed by atoms with Gasteiger partial charge in [-0.1, -0.05) is 25.0 Å². The van der Waals surface area contributed by atoms with Gasteiger partial charge in [-0.2, -0.15) is 13.2 Å². The van der Waals surface area contributed by atoms with Crippen molar-refractivity contribution in [3.63, 3.8) is 0 Å². The van der Waals surface area contributed by atoms with Crippen LogP contribution in [-0.4, -0.2) is 93.8 Å². The van der Waals surface area contributed by atoms with Crippen molar-refractivity contribution in [3.8, 4) is 11.6 Å². The van der Waals surface area contributed by atoms with E-state index in [1.165, 1.54) is 20.1 Å². The molecule has 6 rings (SSSR count). The van der Waals surface area contributed by atoms with E-state index in [0.717, 1.165) is 11.0 Å². The van der Waals surface area contributed by atoms with Crippen molar-refractivity contribution in [3.05, 3.63) is 35.5 Å². The third-order valence-electron chi connectivity index (χ3n) is 11.9. The number of methoxy groups -OCH3 is 1. The summed E-state index contributed by atoms with van der Waals surface area (Å²) in [5.74, 6) is -5.60. The first-order chi connectivity index (χ1) is 28.0. The highest BCUT2D eigenvalue weighted by atomic mass is 32.2. The number of hydrogen-bond donors (Lipinski definition) is 4. The summed E-state index contributed by atoms with van der Waals surface area (Å²) in [5, 5.41) is 16.3. The number of carbonyl (C=O) groups is 4. The topological polar surface area (TPSA) is 206 Å². The Morgan fingerprint density at radius 3 is 2.42 bits per heavy atom. The van der Waals surface area contributed by atoms with Crippen molar-refractivity contribution >= 4 is 44.9 Å². The predicted molar refractivity (Wildman–Crippen MR) is 209 cm³/mol. The van der Waals surface area contributed by atoms with Crippen molar-refractivity contribution in [2.45, 2.75) is 139 Å². The quantitative estimate of drug-likeness (QED) is 0.188. The monoisotopic (exact) mass is 868 g/mol. The second kappa shape index (κ2) is 16.6. The molecule has 0 radical (unpaired) electrons. The number of rotatable bonds is 8. The molecule has 2 aromatic heterocycles. The molecule has 330 valence electrons. The van der Waals surface area contributed by atoms with Crippen LogP contribution in [0.4, 0.5) is 22.4 Å². The molecule has 4 amide bonds. The van der Waals surface area contributed by atoms with Crippen LogP contribution in [0.1, 0.15) is 116 Å². The van der Waals surface area contributed by atoms with E-state index >= 15 is 4.39 Å². The van der Waals surface area contributed by atoms with E-state index in [2.05, 4.69) is 25.3 Å². The van der Waals surface area contributed by atoms with Crippen molar-refractivity contribution in [1.82, 2.24) is 30.2 Å². The van der Waals surface area contributed by atoms with Crippen molar-refractivity contribution in [2.75, 3.05) is 13.7 Å². The Morgan fingerprint density at radius 2 is 1.80 bits per heavy atom. The number of allylic oxidation sites excluding steroid dienone is 1. The van der Waals surface area contributed by atoms with Gasteiger partial charge in [-0.05, 0) is 97.5 Å². The molecule has 6 atom stereocenters. The van der Waals surface area contributed by atoms with Crippen molar-refractivity contribution in [1.29, 1.82) is 0 Å². The largest absolute Gasteiger partial charge is 0.505 e. The lowest BCUT2D eigenvalue weighted by Crippen LogP contribution is -2.70. The Hall–Kier alpha value is -4.75. The molecule has 3 fully saturated rings. The normalized spacial score (nSPS) is 26.6. The van der Waals surface area contributed by atoms with E-state index in [9.17, 15) is 45.9 Å². The molecule has 2 aliphatic carbocycles. The smallest absolute Gasteiger partial charge is 0.437 e. The number of fused-ring (bicyclic) bond motifs is 3. The molecule has 0 aromatic carbocycles. The van der Waals surface area contributed by atoms with Crippen LogP contribution < -0.4 is 20.1 Å². The zero-order valence-electron chi connectivity index (χ0n) is 34.2. The molecule has 0 bridgehead atoms. The van der Waals surface area contributed by atoms with Crippen LogP contribution in [0.2, 0.25) is 0 Å². The molecule has 4 heterocycles. The average molecular weight is 869 g/mol. The third kappa shape index (κ3) is 9.27. The summed E-state index contributed by atoms with van der Waals surface area (Å²) in [6, 6.07) is -0.241. The maximum Gasteiger partial charge on any atom is 0.437 e. The van der Waals surface area contributed by atoms with Crippen LogP contribution in [-0.2, 0) is 35.3 Å². The minimum absolute atomic E-state index is 0.0671. The lowest BCUT2D eigenvalue weighted by molar-refractivity contribution is -0.144. The van der Waals surface area contributed by atoms with Crippen LogP contribution in [0.3, 0.4) is 0 Å². The van der Waals surface area contributed by atoms with Crippen molar-refractivity contribution in [2.24, 2.45) is 11.8 Å². The van der Waals surface area contributed by atoms with E-state index in [-0.39, 0.29) is 42.7 Å². The highest BCUT2D eigenvalue weighted by Gasteiger charge is 2.58. The number of ether oxygens (including phenoxy) is 2. The van der Waals surface area contributed by atoms with Crippen LogP contribution in [0, 0.1) is 11.8 Å². The number of pyridine rings is 2. The van der Waals surface area contributed by atoms with Crippen LogP contribution in [0.5, 0.6) is 11.6 Å². The van der Waals surface area contributed by atoms with Gasteiger partial charge in [0.05, 0.1) is 22.9 Å². The Morgan fingerprint density at radius 1 is 1.08 bits per heavy atom. The van der Waals surface area contributed by atoms with Gasteiger partial charge in [-0.25, -0.2) is 27.6 Å². The lowest BCUT2D eigenvalue weighted by atomic mass is 9.65. The molecule has 2 aliphatic heterocycles. The molecular weight excluding hydrogens is 817 g/mol. The number of alkyl carbamates (subject to hydrolysis) is 1. The first-order valence-electron chi connectivity index (χ1n) is 20.1. The summed E-state index contributed by atoms with van der Waals surface area (Å²) >= 11 is 0. The highest BCUT2D eigenvalue weighted by molar-refractivity contribution is 7.91. The van der Waals surface area contributed by atoms with Crippen LogP contribution >= 0.6 is 0 Å². The van der Waals surface area contributed by atoms with E-state index < -0.39 is 109 Å². The number of aromatic nitrogens is 2. The van der Waals surface area contributed by atoms with Gasteiger partial charge in [0.15, 0.2) is 11.4 Å². The fourth-order valence-electron chi connectivity index (χ4n) is 8.13. The molecule has 2 saturated carbocycles. The maximum atomic E-state index is 16.7. The molecule has 4 N–H and O–H groups in total. The second-order valence-electron chi connectivity index (χ2n) is 17.5. The number of nitrogens with one attached hydrogen (secondary N) is 3. The molecule has 60 heavy (non-hydrogen) atoms. The molecule has 0 spiro atoms. The van der Waals surface area contributed by atoms with Crippen molar-refractivity contribution < 1.29 is 59.7 Å². The summed E-state index contributed by atoms with van der Waals surface area (Å²) in [6.45, 7) is 6.12. The van der Waals surface area contributed by atoms with Gasteiger partial charge in [-0.3, -0.25) is 19.1 Å². The Balaban J connectivity index is 1.37. The predicted octanol–water partition coefficient (Wildman–Crippen LogP) is 5.66. The minimum Gasteiger partial charge on any atom is -0.505 e. The standard InChI is InChI=1S/C40H52F4N6O9S/c1-37(2,3)59-36(55)46-26-12-10-8-6-7-9-11-23-15-16-39(23,35(54)49-60(56,57)38(4)17-18-38)48-33(52)27-20-22(21-50(27)34(26)53)19-24(41)29-30-25(13-14-28(47-30)58-5)45-32(31(29)51)40(42,43)44/h9,11,13-14,22-24,26-27,51H,6-8,10,12,15-21H2,1-5H3,(H,46,55)(H,48,52)(H,49,54). The Labute approximate surface area is 345 Å². The fraction of sp³-hybridized carbons (Fsp3) is 0.650. The molecule has 2 aromatic rings. The first kappa shape index (κ1) is 44.8. The SMILES string of the molecule is COc1ccc2nc(C(F)(F)F)c(O)c(C(F)CC3CC4C(=O)NC5(C(=O)NS(=O)(=O)C6(C)CC6)CCC5C=CCCCCCC(NC(=O)OC(C)(C)C)C(=O)N4C3)c2n1. The van der Waals surface area contributed by atoms with Crippen LogP contribution in [0.15, 0.2) is 24.3 Å². The number of sulfonamides is 1. The number of alkyl halides is 4. The Kier molecular flexibility index (Phi) is 12.4. The number of amides is 4. The number of aromatic hydroxyl groups is 1. The maximum absolute atomic E-state index is 16.7. The first-order valence-corrected chi connectivity index (χ1v) is 21.6. The van der Waals surface area contributed by atoms with Crippen LogP contribution in [0.25, 0.3) is 11.0 Å². The molecule has 15 nitrogen and oxygen atoms in total.